The Morgan fingerprint density at radius 3 is 2.39 bits per heavy atom. The molecule has 1 heterocycles. The van der Waals surface area contributed by atoms with E-state index in [1.165, 1.54) is 0 Å². The number of carbonyl (C=O) groups is 2. The van der Waals surface area contributed by atoms with Gasteiger partial charge in [0, 0.05) is 5.57 Å². The lowest BCUT2D eigenvalue weighted by atomic mass is 9.83. The second-order valence-corrected chi connectivity index (χ2v) is 6.45. The highest BCUT2D eigenvalue weighted by Gasteiger charge is 2.56. The predicted molar refractivity (Wildman–Crippen MR) is 83.1 cm³/mol. The van der Waals surface area contributed by atoms with E-state index in [0.717, 1.165) is 19.3 Å². The number of esters is 2. The van der Waals surface area contributed by atoms with E-state index in [0.29, 0.717) is 17.1 Å². The summed E-state index contributed by atoms with van der Waals surface area (Å²) in [6.45, 7) is 7.19. The van der Waals surface area contributed by atoms with Gasteiger partial charge in [-0.25, -0.2) is 4.79 Å². The number of hydrogen-bond donors (Lipinski definition) is 0. The van der Waals surface area contributed by atoms with Gasteiger partial charge < -0.3 is 14.2 Å². The van der Waals surface area contributed by atoms with Crippen molar-refractivity contribution < 1.29 is 23.8 Å². The molecule has 5 nitrogen and oxygen atoms in total. The van der Waals surface area contributed by atoms with Crippen LogP contribution in [0.3, 0.4) is 0 Å². The molecule has 0 amide bonds. The molecule has 1 aliphatic heterocycles. The van der Waals surface area contributed by atoms with Gasteiger partial charge in [0.25, 0.3) is 0 Å². The number of epoxide rings is 1. The monoisotopic (exact) mass is 316 g/mol. The van der Waals surface area contributed by atoms with Crippen LogP contribution < -0.4 is 9.47 Å². The molecule has 23 heavy (non-hydrogen) atoms. The molecule has 122 valence electrons. The molecule has 0 aromatic heterocycles. The SMILES string of the molecule is C=C(C)C(=O)Oc1ccc(OC(=O)C2CCC3(C)OC3C2)cc1. The molecule has 1 saturated carbocycles. The fraction of sp³-hybridized carbons (Fsp3) is 0.444. The minimum Gasteiger partial charge on any atom is -0.426 e. The van der Waals surface area contributed by atoms with E-state index in [4.69, 9.17) is 14.2 Å². The molecule has 1 aliphatic carbocycles. The summed E-state index contributed by atoms with van der Waals surface area (Å²) in [4.78, 5) is 23.6. The predicted octanol–water partition coefficient (Wildman–Crippen LogP) is 3.03. The topological polar surface area (TPSA) is 65.1 Å². The standard InChI is InChI=1S/C18H20O5/c1-11(2)16(19)21-13-4-6-14(7-5-13)22-17(20)12-8-9-18(3)15(10-12)23-18/h4-7,12,15H,1,8-10H2,2-3H3. The van der Waals surface area contributed by atoms with E-state index < -0.39 is 5.97 Å². The summed E-state index contributed by atoms with van der Waals surface area (Å²) < 4.78 is 16.1. The van der Waals surface area contributed by atoms with E-state index in [-0.39, 0.29) is 23.6 Å². The van der Waals surface area contributed by atoms with Crippen LogP contribution in [0.15, 0.2) is 36.4 Å². The van der Waals surface area contributed by atoms with Gasteiger partial charge in [0.1, 0.15) is 11.5 Å². The third-order valence-electron chi connectivity index (χ3n) is 4.46. The fourth-order valence-corrected chi connectivity index (χ4v) is 2.83. The third kappa shape index (κ3) is 3.45. The normalized spacial score (nSPS) is 28.4. The van der Waals surface area contributed by atoms with Gasteiger partial charge in [0.15, 0.2) is 0 Å². The Kier molecular flexibility index (Phi) is 3.98. The van der Waals surface area contributed by atoms with Crippen LogP contribution in [0.2, 0.25) is 0 Å². The van der Waals surface area contributed by atoms with Crippen LogP contribution in [0.25, 0.3) is 0 Å². The number of carbonyl (C=O) groups excluding carboxylic acids is 2. The maximum Gasteiger partial charge on any atom is 0.338 e. The number of ether oxygens (including phenoxy) is 3. The highest BCUT2D eigenvalue weighted by atomic mass is 16.6. The maximum absolute atomic E-state index is 12.2. The van der Waals surface area contributed by atoms with Crippen molar-refractivity contribution in [1.29, 1.82) is 0 Å². The molecule has 0 N–H and O–H groups in total. The summed E-state index contributed by atoms with van der Waals surface area (Å²) >= 11 is 0. The van der Waals surface area contributed by atoms with Crippen molar-refractivity contribution in [3.8, 4) is 11.5 Å². The lowest BCUT2D eigenvalue weighted by Gasteiger charge is -2.20. The molecule has 2 aliphatic rings. The first-order valence-electron chi connectivity index (χ1n) is 7.75. The molecule has 1 aromatic rings. The molecule has 5 heteroatoms. The van der Waals surface area contributed by atoms with Crippen LogP contribution in [0, 0.1) is 5.92 Å². The summed E-state index contributed by atoms with van der Waals surface area (Å²) in [7, 11) is 0. The second-order valence-electron chi connectivity index (χ2n) is 6.45. The number of rotatable bonds is 4. The Bertz CT molecular complexity index is 648. The van der Waals surface area contributed by atoms with Gasteiger partial charge in [-0.1, -0.05) is 6.58 Å². The summed E-state index contributed by atoms with van der Waals surface area (Å²) in [5.41, 5.74) is 0.318. The quantitative estimate of drug-likeness (QED) is 0.370. The molecule has 0 spiro atoms. The zero-order valence-electron chi connectivity index (χ0n) is 13.3. The van der Waals surface area contributed by atoms with Crippen LogP contribution in [0.4, 0.5) is 0 Å². The van der Waals surface area contributed by atoms with Crippen molar-refractivity contribution in [2.75, 3.05) is 0 Å². The summed E-state index contributed by atoms with van der Waals surface area (Å²) in [5.74, 6) is 0.00273. The van der Waals surface area contributed by atoms with Gasteiger partial charge in [-0.05, 0) is 57.4 Å². The van der Waals surface area contributed by atoms with Gasteiger partial charge in [-0.3, -0.25) is 4.79 Å². The lowest BCUT2D eigenvalue weighted by molar-refractivity contribution is -0.140. The van der Waals surface area contributed by atoms with Crippen molar-refractivity contribution in [2.45, 2.75) is 44.8 Å². The van der Waals surface area contributed by atoms with Crippen molar-refractivity contribution >= 4 is 11.9 Å². The average Bonchev–Trinajstić information content (AvgIpc) is 3.19. The molecule has 2 fully saturated rings. The van der Waals surface area contributed by atoms with Gasteiger partial charge in [0.05, 0.1) is 17.6 Å². The van der Waals surface area contributed by atoms with E-state index in [1.54, 1.807) is 31.2 Å². The molecule has 3 unspecified atom stereocenters. The van der Waals surface area contributed by atoms with Crippen LogP contribution in [0.1, 0.15) is 33.1 Å². The largest absolute Gasteiger partial charge is 0.426 e. The second kappa shape index (κ2) is 5.81. The molecule has 0 bridgehead atoms. The number of hydrogen-bond acceptors (Lipinski definition) is 5. The highest BCUT2D eigenvalue weighted by molar-refractivity contribution is 5.88. The molecular weight excluding hydrogens is 296 g/mol. The first-order chi connectivity index (χ1) is 10.9. The van der Waals surface area contributed by atoms with Crippen LogP contribution in [0.5, 0.6) is 11.5 Å². The fourth-order valence-electron chi connectivity index (χ4n) is 2.83. The molecule has 0 radical (unpaired) electrons. The minimum atomic E-state index is -0.482. The Morgan fingerprint density at radius 1 is 1.22 bits per heavy atom. The van der Waals surface area contributed by atoms with Crippen molar-refractivity contribution in [3.05, 3.63) is 36.4 Å². The van der Waals surface area contributed by atoms with E-state index in [2.05, 4.69) is 13.5 Å². The summed E-state index contributed by atoms with van der Waals surface area (Å²) in [5, 5.41) is 0. The maximum atomic E-state index is 12.2. The average molecular weight is 316 g/mol. The van der Waals surface area contributed by atoms with E-state index in [9.17, 15) is 9.59 Å². The van der Waals surface area contributed by atoms with Gasteiger partial charge in [-0.15, -0.1) is 0 Å². The van der Waals surface area contributed by atoms with Crippen molar-refractivity contribution in [3.63, 3.8) is 0 Å². The number of benzene rings is 1. The van der Waals surface area contributed by atoms with Crippen molar-refractivity contribution in [1.82, 2.24) is 0 Å². The van der Waals surface area contributed by atoms with Gasteiger partial charge >= 0.3 is 11.9 Å². The van der Waals surface area contributed by atoms with Gasteiger partial charge in [-0.2, -0.15) is 0 Å². The zero-order chi connectivity index (χ0) is 16.6. The van der Waals surface area contributed by atoms with Gasteiger partial charge in [0.2, 0.25) is 0 Å². The zero-order valence-corrected chi connectivity index (χ0v) is 13.3. The molecule has 3 rings (SSSR count). The van der Waals surface area contributed by atoms with Crippen LogP contribution >= 0.6 is 0 Å². The first kappa shape index (κ1) is 15.7. The Morgan fingerprint density at radius 2 is 1.83 bits per heavy atom. The Hall–Kier alpha value is -2.14. The molecule has 1 aromatic carbocycles. The number of fused-ring (bicyclic) bond motifs is 1. The molecular formula is C18H20O5. The minimum absolute atomic E-state index is 0.00835. The Labute approximate surface area is 135 Å². The first-order valence-corrected chi connectivity index (χ1v) is 7.75. The van der Waals surface area contributed by atoms with Crippen molar-refractivity contribution in [2.24, 2.45) is 5.92 Å². The van der Waals surface area contributed by atoms with Crippen LogP contribution in [-0.4, -0.2) is 23.6 Å². The third-order valence-corrected chi connectivity index (χ3v) is 4.46. The lowest BCUT2D eigenvalue weighted by Crippen LogP contribution is -2.29. The molecule has 1 saturated heterocycles. The summed E-state index contributed by atoms with van der Waals surface area (Å²) in [6, 6.07) is 6.40. The van der Waals surface area contributed by atoms with E-state index >= 15 is 0 Å². The highest BCUT2D eigenvalue weighted by Crippen LogP contribution is 2.49. The van der Waals surface area contributed by atoms with E-state index in [1.807, 2.05) is 0 Å². The molecule has 3 atom stereocenters. The smallest absolute Gasteiger partial charge is 0.338 e. The van der Waals surface area contributed by atoms with Crippen LogP contribution in [-0.2, 0) is 14.3 Å². The Balaban J connectivity index is 1.55. The summed E-state index contributed by atoms with van der Waals surface area (Å²) in [6.07, 6.45) is 2.61.